The molecule has 0 heterocycles. The van der Waals surface area contributed by atoms with E-state index in [4.69, 9.17) is 22.1 Å². The van der Waals surface area contributed by atoms with E-state index in [0.717, 1.165) is 0 Å². The SMILES string of the molecule is CC(C)COc1ccc(NC(=O)C(C)C(C)N)cc1Cl. The molecule has 0 saturated heterocycles. The van der Waals surface area contributed by atoms with E-state index in [1.54, 1.807) is 32.0 Å². The van der Waals surface area contributed by atoms with E-state index in [1.165, 1.54) is 0 Å². The van der Waals surface area contributed by atoms with Crippen molar-refractivity contribution in [3.05, 3.63) is 23.2 Å². The maximum atomic E-state index is 11.9. The van der Waals surface area contributed by atoms with E-state index >= 15 is 0 Å². The van der Waals surface area contributed by atoms with E-state index in [0.29, 0.717) is 29.0 Å². The Kier molecular flexibility index (Phi) is 6.30. The molecule has 0 spiro atoms. The van der Waals surface area contributed by atoms with E-state index in [1.807, 2.05) is 0 Å². The molecule has 1 aromatic rings. The molecule has 0 aliphatic heterocycles. The lowest BCUT2D eigenvalue weighted by molar-refractivity contribution is -0.119. The Morgan fingerprint density at radius 3 is 2.50 bits per heavy atom. The first-order chi connectivity index (χ1) is 9.31. The second-order valence-electron chi connectivity index (χ2n) is 5.49. The number of carbonyl (C=O) groups is 1. The first-order valence-corrected chi connectivity index (χ1v) is 7.17. The Balaban J connectivity index is 2.70. The molecule has 4 nitrogen and oxygen atoms in total. The zero-order chi connectivity index (χ0) is 15.3. The lowest BCUT2D eigenvalue weighted by atomic mass is 10.0. The van der Waals surface area contributed by atoms with Crippen molar-refractivity contribution in [2.45, 2.75) is 33.7 Å². The van der Waals surface area contributed by atoms with E-state index in [-0.39, 0.29) is 17.9 Å². The van der Waals surface area contributed by atoms with Crippen LogP contribution in [0.25, 0.3) is 0 Å². The number of benzene rings is 1. The molecule has 1 amide bonds. The van der Waals surface area contributed by atoms with Crippen molar-refractivity contribution in [2.24, 2.45) is 17.6 Å². The largest absolute Gasteiger partial charge is 0.492 e. The fourth-order valence-corrected chi connectivity index (χ4v) is 1.68. The molecule has 20 heavy (non-hydrogen) atoms. The highest BCUT2D eigenvalue weighted by atomic mass is 35.5. The number of ether oxygens (including phenoxy) is 1. The van der Waals surface area contributed by atoms with Crippen molar-refractivity contribution in [3.8, 4) is 5.75 Å². The Labute approximate surface area is 125 Å². The third-order valence-electron chi connectivity index (χ3n) is 2.97. The van der Waals surface area contributed by atoms with Crippen molar-refractivity contribution in [3.63, 3.8) is 0 Å². The van der Waals surface area contributed by atoms with Crippen LogP contribution in [0.5, 0.6) is 5.75 Å². The summed E-state index contributed by atoms with van der Waals surface area (Å²) in [4.78, 5) is 11.9. The molecule has 2 unspecified atom stereocenters. The van der Waals surface area contributed by atoms with Gasteiger partial charge in [0, 0.05) is 11.7 Å². The zero-order valence-electron chi connectivity index (χ0n) is 12.4. The van der Waals surface area contributed by atoms with Gasteiger partial charge in [-0.15, -0.1) is 0 Å². The second kappa shape index (κ2) is 7.50. The molecule has 0 aromatic heterocycles. The number of nitrogens with two attached hydrogens (primary N) is 1. The summed E-state index contributed by atoms with van der Waals surface area (Å²) in [6.07, 6.45) is 0. The van der Waals surface area contributed by atoms with Gasteiger partial charge in [0.25, 0.3) is 0 Å². The van der Waals surface area contributed by atoms with Crippen LogP contribution in [0.4, 0.5) is 5.69 Å². The first-order valence-electron chi connectivity index (χ1n) is 6.80. The minimum absolute atomic E-state index is 0.119. The highest BCUT2D eigenvalue weighted by molar-refractivity contribution is 6.32. The van der Waals surface area contributed by atoms with E-state index in [2.05, 4.69) is 19.2 Å². The summed E-state index contributed by atoms with van der Waals surface area (Å²) < 4.78 is 5.58. The van der Waals surface area contributed by atoms with Gasteiger partial charge in [-0.1, -0.05) is 32.4 Å². The summed E-state index contributed by atoms with van der Waals surface area (Å²) in [7, 11) is 0. The van der Waals surface area contributed by atoms with E-state index in [9.17, 15) is 4.79 Å². The van der Waals surface area contributed by atoms with Crippen LogP contribution in [-0.2, 0) is 4.79 Å². The van der Waals surface area contributed by atoms with Gasteiger partial charge in [0.2, 0.25) is 5.91 Å². The average molecular weight is 299 g/mol. The summed E-state index contributed by atoms with van der Waals surface area (Å²) >= 11 is 6.14. The van der Waals surface area contributed by atoms with Crippen LogP contribution in [0.1, 0.15) is 27.7 Å². The van der Waals surface area contributed by atoms with Gasteiger partial charge in [0.15, 0.2) is 0 Å². The third-order valence-corrected chi connectivity index (χ3v) is 3.27. The van der Waals surface area contributed by atoms with Gasteiger partial charge in [0.05, 0.1) is 17.5 Å². The molecule has 0 radical (unpaired) electrons. The molecule has 5 heteroatoms. The van der Waals surface area contributed by atoms with Crippen LogP contribution in [-0.4, -0.2) is 18.6 Å². The molecular weight excluding hydrogens is 276 g/mol. The highest BCUT2D eigenvalue weighted by Gasteiger charge is 2.17. The topological polar surface area (TPSA) is 64.3 Å². The summed E-state index contributed by atoms with van der Waals surface area (Å²) in [6, 6.07) is 5.02. The van der Waals surface area contributed by atoms with Crippen molar-refractivity contribution in [1.82, 2.24) is 0 Å². The fourth-order valence-electron chi connectivity index (χ4n) is 1.45. The Morgan fingerprint density at radius 1 is 1.35 bits per heavy atom. The Morgan fingerprint density at radius 2 is 2.00 bits per heavy atom. The van der Waals surface area contributed by atoms with Crippen LogP contribution < -0.4 is 15.8 Å². The maximum absolute atomic E-state index is 11.9. The van der Waals surface area contributed by atoms with Gasteiger partial charge >= 0.3 is 0 Å². The Bertz CT molecular complexity index is 461. The average Bonchev–Trinajstić information content (AvgIpc) is 2.36. The van der Waals surface area contributed by atoms with Crippen molar-refractivity contribution >= 4 is 23.2 Å². The smallest absolute Gasteiger partial charge is 0.228 e. The van der Waals surface area contributed by atoms with Gasteiger partial charge in [0.1, 0.15) is 5.75 Å². The number of hydrogen-bond donors (Lipinski definition) is 2. The van der Waals surface area contributed by atoms with Crippen LogP contribution in [0, 0.1) is 11.8 Å². The van der Waals surface area contributed by atoms with Crippen LogP contribution in [0.3, 0.4) is 0 Å². The minimum atomic E-state index is -0.259. The van der Waals surface area contributed by atoms with Gasteiger partial charge in [-0.05, 0) is 31.0 Å². The molecule has 0 aliphatic rings. The van der Waals surface area contributed by atoms with Crippen molar-refractivity contribution in [2.75, 3.05) is 11.9 Å². The molecule has 0 fully saturated rings. The number of rotatable bonds is 6. The van der Waals surface area contributed by atoms with Gasteiger partial charge < -0.3 is 15.8 Å². The number of anilines is 1. The Hall–Kier alpha value is -1.26. The van der Waals surface area contributed by atoms with E-state index < -0.39 is 0 Å². The van der Waals surface area contributed by atoms with Crippen molar-refractivity contribution in [1.29, 1.82) is 0 Å². The molecule has 1 rings (SSSR count). The summed E-state index contributed by atoms with van der Waals surface area (Å²) in [5.74, 6) is 0.675. The highest BCUT2D eigenvalue weighted by Crippen LogP contribution is 2.28. The summed E-state index contributed by atoms with van der Waals surface area (Å²) in [6.45, 7) is 8.34. The standard InChI is InChI=1S/C15H23ClN2O2/c1-9(2)8-20-14-6-5-12(7-13(14)16)18-15(19)10(3)11(4)17/h5-7,9-11H,8,17H2,1-4H3,(H,18,19). The predicted octanol–water partition coefficient (Wildman–Crippen LogP) is 3.30. The first kappa shape index (κ1) is 16.8. The maximum Gasteiger partial charge on any atom is 0.228 e. The van der Waals surface area contributed by atoms with Crippen LogP contribution >= 0.6 is 11.6 Å². The molecular formula is C15H23ClN2O2. The number of amides is 1. The minimum Gasteiger partial charge on any atom is -0.492 e. The fraction of sp³-hybridized carbons (Fsp3) is 0.533. The molecule has 0 bridgehead atoms. The zero-order valence-corrected chi connectivity index (χ0v) is 13.2. The van der Waals surface area contributed by atoms with Gasteiger partial charge in [-0.3, -0.25) is 4.79 Å². The predicted molar refractivity (Wildman–Crippen MR) is 83.2 cm³/mol. The number of carbonyl (C=O) groups excluding carboxylic acids is 1. The summed E-state index contributed by atoms with van der Waals surface area (Å²) in [5.41, 5.74) is 6.35. The van der Waals surface area contributed by atoms with Crippen LogP contribution in [0.2, 0.25) is 5.02 Å². The van der Waals surface area contributed by atoms with Crippen molar-refractivity contribution < 1.29 is 9.53 Å². The molecule has 1 aromatic carbocycles. The van der Waals surface area contributed by atoms with Gasteiger partial charge in [-0.2, -0.15) is 0 Å². The molecule has 2 atom stereocenters. The molecule has 3 N–H and O–H groups in total. The normalized spacial score (nSPS) is 13.9. The monoisotopic (exact) mass is 298 g/mol. The number of nitrogens with one attached hydrogen (secondary N) is 1. The van der Waals surface area contributed by atoms with Crippen LogP contribution in [0.15, 0.2) is 18.2 Å². The number of halogens is 1. The summed E-state index contributed by atoms with van der Waals surface area (Å²) in [5, 5.41) is 3.28. The lowest BCUT2D eigenvalue weighted by Crippen LogP contribution is -2.34. The lowest BCUT2D eigenvalue weighted by Gasteiger charge is -2.16. The molecule has 0 aliphatic carbocycles. The quantitative estimate of drug-likeness (QED) is 0.847. The second-order valence-corrected chi connectivity index (χ2v) is 5.89. The number of hydrogen-bond acceptors (Lipinski definition) is 3. The third kappa shape index (κ3) is 5.02. The molecule has 0 saturated carbocycles. The molecule has 112 valence electrons. The van der Waals surface area contributed by atoms with Gasteiger partial charge in [-0.25, -0.2) is 0 Å².